The van der Waals surface area contributed by atoms with Crippen LogP contribution in [0, 0.1) is 13.8 Å². The first-order chi connectivity index (χ1) is 6.61. The standard InChI is InChI=1S/C12H13NO/c1-7-5-4-6-10-11(7)8(2)12(13-10)9(3)14/h4-6,13H,1-3H3. The number of hydrogen-bond acceptors (Lipinski definition) is 1. The Bertz CT molecular complexity index is 508. The SMILES string of the molecule is CC(=O)c1[nH]c2cccc(C)c2c1C. The van der Waals surface area contributed by atoms with E-state index in [1.165, 1.54) is 10.9 Å². The molecular formula is C12H13NO. The van der Waals surface area contributed by atoms with Crippen molar-refractivity contribution >= 4 is 16.7 Å². The van der Waals surface area contributed by atoms with Gasteiger partial charge in [-0.15, -0.1) is 0 Å². The topological polar surface area (TPSA) is 32.9 Å². The molecule has 0 spiro atoms. The molecule has 0 saturated heterocycles. The average Bonchev–Trinajstić information content (AvgIpc) is 2.45. The van der Waals surface area contributed by atoms with Crippen molar-refractivity contribution in [3.8, 4) is 0 Å². The van der Waals surface area contributed by atoms with Crippen molar-refractivity contribution in [3.63, 3.8) is 0 Å². The highest BCUT2D eigenvalue weighted by molar-refractivity contribution is 6.01. The van der Waals surface area contributed by atoms with Crippen LogP contribution in [0.3, 0.4) is 0 Å². The van der Waals surface area contributed by atoms with Gasteiger partial charge in [-0.2, -0.15) is 0 Å². The first-order valence-corrected chi connectivity index (χ1v) is 4.70. The number of ketones is 1. The van der Waals surface area contributed by atoms with Crippen LogP contribution in [0.15, 0.2) is 18.2 Å². The fourth-order valence-corrected chi connectivity index (χ4v) is 1.98. The molecular weight excluding hydrogens is 174 g/mol. The molecule has 0 atom stereocenters. The van der Waals surface area contributed by atoms with Crippen LogP contribution in [0.25, 0.3) is 10.9 Å². The van der Waals surface area contributed by atoms with Crippen LogP contribution in [-0.2, 0) is 0 Å². The van der Waals surface area contributed by atoms with Crippen molar-refractivity contribution in [2.24, 2.45) is 0 Å². The summed E-state index contributed by atoms with van der Waals surface area (Å²) in [6.45, 7) is 5.64. The number of nitrogens with one attached hydrogen (secondary N) is 1. The fraction of sp³-hybridized carbons (Fsp3) is 0.250. The number of carbonyl (C=O) groups is 1. The second kappa shape index (κ2) is 2.98. The van der Waals surface area contributed by atoms with Gasteiger partial charge >= 0.3 is 0 Å². The molecule has 1 aromatic heterocycles. The smallest absolute Gasteiger partial charge is 0.176 e. The number of aromatic amines is 1. The summed E-state index contributed by atoms with van der Waals surface area (Å²) in [6, 6.07) is 6.06. The van der Waals surface area contributed by atoms with Crippen molar-refractivity contribution in [1.82, 2.24) is 4.98 Å². The number of Topliss-reactive ketones (excluding diaryl/α,β-unsaturated/α-hetero) is 1. The summed E-state index contributed by atoms with van der Waals surface area (Å²) in [7, 11) is 0. The van der Waals surface area contributed by atoms with Gasteiger partial charge in [0.2, 0.25) is 0 Å². The van der Waals surface area contributed by atoms with Gasteiger partial charge in [-0.05, 0) is 31.0 Å². The minimum atomic E-state index is 0.0955. The first kappa shape index (κ1) is 9.00. The molecule has 2 nitrogen and oxygen atoms in total. The van der Waals surface area contributed by atoms with E-state index >= 15 is 0 Å². The molecule has 0 aliphatic rings. The highest BCUT2D eigenvalue weighted by Crippen LogP contribution is 2.24. The average molecular weight is 187 g/mol. The number of aryl methyl sites for hydroxylation is 2. The number of fused-ring (bicyclic) bond motifs is 1. The molecule has 1 heterocycles. The Balaban J connectivity index is 2.87. The van der Waals surface area contributed by atoms with E-state index in [-0.39, 0.29) is 5.78 Å². The number of aromatic nitrogens is 1. The molecule has 0 aliphatic carbocycles. The number of benzene rings is 1. The van der Waals surface area contributed by atoms with E-state index in [0.717, 1.165) is 16.8 Å². The molecule has 1 N–H and O–H groups in total. The third-order valence-electron chi connectivity index (χ3n) is 2.63. The maximum absolute atomic E-state index is 11.3. The molecule has 0 unspecified atom stereocenters. The van der Waals surface area contributed by atoms with Gasteiger partial charge in [-0.25, -0.2) is 0 Å². The van der Waals surface area contributed by atoms with Crippen LogP contribution in [0.5, 0.6) is 0 Å². The lowest BCUT2D eigenvalue weighted by Crippen LogP contribution is -1.93. The zero-order valence-corrected chi connectivity index (χ0v) is 8.64. The summed E-state index contributed by atoms with van der Waals surface area (Å²) < 4.78 is 0. The quantitative estimate of drug-likeness (QED) is 0.684. The lowest BCUT2D eigenvalue weighted by Gasteiger charge is -1.96. The Kier molecular flexibility index (Phi) is 1.92. The van der Waals surface area contributed by atoms with Crippen molar-refractivity contribution in [2.45, 2.75) is 20.8 Å². The highest BCUT2D eigenvalue weighted by atomic mass is 16.1. The summed E-state index contributed by atoms with van der Waals surface area (Å²) in [5.74, 6) is 0.0955. The van der Waals surface area contributed by atoms with Gasteiger partial charge in [-0.3, -0.25) is 4.79 Å². The summed E-state index contributed by atoms with van der Waals surface area (Å²) in [5, 5.41) is 1.18. The molecule has 2 aromatic rings. The number of carbonyl (C=O) groups excluding carboxylic acids is 1. The van der Waals surface area contributed by atoms with Crippen LogP contribution in [-0.4, -0.2) is 10.8 Å². The molecule has 0 fully saturated rings. The van der Waals surface area contributed by atoms with Crippen LogP contribution < -0.4 is 0 Å². The van der Waals surface area contributed by atoms with E-state index < -0.39 is 0 Å². The van der Waals surface area contributed by atoms with E-state index in [1.54, 1.807) is 6.92 Å². The molecule has 72 valence electrons. The van der Waals surface area contributed by atoms with Gasteiger partial charge in [0.15, 0.2) is 5.78 Å². The lowest BCUT2D eigenvalue weighted by molar-refractivity contribution is 0.101. The third-order valence-corrected chi connectivity index (χ3v) is 2.63. The zero-order chi connectivity index (χ0) is 10.3. The normalized spacial score (nSPS) is 10.8. The van der Waals surface area contributed by atoms with E-state index in [9.17, 15) is 4.79 Å². The second-order valence-corrected chi connectivity index (χ2v) is 3.68. The van der Waals surface area contributed by atoms with Gasteiger partial charge < -0.3 is 4.98 Å². The summed E-state index contributed by atoms with van der Waals surface area (Å²) in [4.78, 5) is 14.5. The predicted molar refractivity (Wildman–Crippen MR) is 57.8 cm³/mol. The minimum absolute atomic E-state index is 0.0955. The van der Waals surface area contributed by atoms with Gasteiger partial charge in [-0.1, -0.05) is 12.1 Å². The monoisotopic (exact) mass is 187 g/mol. The Morgan fingerprint density at radius 1 is 1.29 bits per heavy atom. The highest BCUT2D eigenvalue weighted by Gasteiger charge is 2.11. The molecule has 0 bridgehead atoms. The molecule has 0 saturated carbocycles. The second-order valence-electron chi connectivity index (χ2n) is 3.68. The van der Waals surface area contributed by atoms with Crippen molar-refractivity contribution in [1.29, 1.82) is 0 Å². The molecule has 2 rings (SSSR count). The predicted octanol–water partition coefficient (Wildman–Crippen LogP) is 2.99. The van der Waals surface area contributed by atoms with Crippen molar-refractivity contribution in [3.05, 3.63) is 35.0 Å². The molecule has 0 radical (unpaired) electrons. The van der Waals surface area contributed by atoms with E-state index in [0.29, 0.717) is 0 Å². The van der Waals surface area contributed by atoms with Gasteiger partial charge in [0.05, 0.1) is 5.69 Å². The largest absolute Gasteiger partial charge is 0.352 e. The Hall–Kier alpha value is -1.57. The van der Waals surface area contributed by atoms with Crippen molar-refractivity contribution in [2.75, 3.05) is 0 Å². The van der Waals surface area contributed by atoms with Gasteiger partial charge in [0.25, 0.3) is 0 Å². The summed E-state index contributed by atoms with van der Waals surface area (Å²) in [6.07, 6.45) is 0. The molecule has 0 amide bonds. The zero-order valence-electron chi connectivity index (χ0n) is 8.64. The Morgan fingerprint density at radius 2 is 2.00 bits per heavy atom. The van der Waals surface area contributed by atoms with E-state index in [1.807, 2.05) is 19.1 Å². The number of H-pyrrole nitrogens is 1. The van der Waals surface area contributed by atoms with Crippen LogP contribution >= 0.6 is 0 Å². The van der Waals surface area contributed by atoms with E-state index in [2.05, 4.69) is 18.0 Å². The summed E-state index contributed by atoms with van der Waals surface area (Å²) in [5.41, 5.74) is 4.05. The van der Waals surface area contributed by atoms with Gasteiger partial charge in [0.1, 0.15) is 0 Å². The van der Waals surface area contributed by atoms with Crippen LogP contribution in [0.1, 0.15) is 28.5 Å². The number of rotatable bonds is 1. The fourth-order valence-electron chi connectivity index (χ4n) is 1.98. The minimum Gasteiger partial charge on any atom is -0.352 e. The third kappa shape index (κ3) is 1.15. The van der Waals surface area contributed by atoms with Gasteiger partial charge in [0, 0.05) is 17.8 Å². The molecule has 1 aromatic carbocycles. The lowest BCUT2D eigenvalue weighted by atomic mass is 10.1. The van der Waals surface area contributed by atoms with Crippen molar-refractivity contribution < 1.29 is 4.79 Å². The van der Waals surface area contributed by atoms with E-state index in [4.69, 9.17) is 0 Å². The Morgan fingerprint density at radius 3 is 2.57 bits per heavy atom. The summed E-state index contributed by atoms with van der Waals surface area (Å²) >= 11 is 0. The van der Waals surface area contributed by atoms with Crippen LogP contribution in [0.2, 0.25) is 0 Å². The molecule has 14 heavy (non-hydrogen) atoms. The molecule has 0 aliphatic heterocycles. The van der Waals surface area contributed by atoms with Crippen LogP contribution in [0.4, 0.5) is 0 Å². The molecule has 2 heteroatoms. The Labute approximate surface area is 82.9 Å². The maximum atomic E-state index is 11.3. The first-order valence-electron chi connectivity index (χ1n) is 4.70. The maximum Gasteiger partial charge on any atom is 0.176 e. The number of hydrogen-bond donors (Lipinski definition) is 1.